The molecule has 0 N–H and O–H groups in total. The van der Waals surface area contributed by atoms with Gasteiger partial charge in [0.2, 0.25) is 10.0 Å². The first-order valence-corrected chi connectivity index (χ1v) is 8.35. The summed E-state index contributed by atoms with van der Waals surface area (Å²) in [7, 11) is -2.03. The van der Waals surface area contributed by atoms with Crippen LogP contribution in [0.4, 0.5) is 0 Å². The molecule has 0 aliphatic heterocycles. The second-order valence-electron chi connectivity index (χ2n) is 4.83. The van der Waals surface area contributed by atoms with Crippen LogP contribution in [-0.4, -0.2) is 31.3 Å². The van der Waals surface area contributed by atoms with Crippen molar-refractivity contribution >= 4 is 21.6 Å². The third-order valence-electron chi connectivity index (χ3n) is 3.18. The average molecular weight is 325 g/mol. The molecule has 0 atom stereocenters. The normalized spacial score (nSPS) is 11.8. The highest BCUT2D eigenvalue weighted by atomic mass is 35.5. The van der Waals surface area contributed by atoms with Crippen LogP contribution in [0.3, 0.4) is 0 Å². The van der Waals surface area contributed by atoms with E-state index >= 15 is 0 Å². The first-order valence-electron chi connectivity index (χ1n) is 6.53. The van der Waals surface area contributed by atoms with Gasteiger partial charge in [0.25, 0.3) is 0 Å². The minimum Gasteiger partial charge on any atom is -0.261 e. The molecule has 112 valence electrons. The monoisotopic (exact) mass is 324 g/mol. The van der Waals surface area contributed by atoms with Crippen molar-refractivity contribution in [1.82, 2.24) is 9.29 Å². The SMILES string of the molecule is Cc1ccc(S(=O)(=O)N(C)CCc2ccccn2)c(Cl)c1. The molecule has 1 aromatic carbocycles. The van der Waals surface area contributed by atoms with Gasteiger partial charge in [-0.3, -0.25) is 4.98 Å². The van der Waals surface area contributed by atoms with Crippen molar-refractivity contribution < 1.29 is 8.42 Å². The predicted octanol–water partition coefficient (Wildman–Crippen LogP) is 2.91. The van der Waals surface area contributed by atoms with Gasteiger partial charge in [0.15, 0.2) is 0 Å². The second kappa shape index (κ2) is 6.56. The highest BCUT2D eigenvalue weighted by Crippen LogP contribution is 2.25. The van der Waals surface area contributed by atoms with Crippen LogP contribution in [0.2, 0.25) is 5.02 Å². The summed E-state index contributed by atoms with van der Waals surface area (Å²) in [6.45, 7) is 2.22. The van der Waals surface area contributed by atoms with Crippen molar-refractivity contribution in [3.8, 4) is 0 Å². The molecule has 0 fully saturated rings. The molecule has 0 saturated carbocycles. The highest BCUT2D eigenvalue weighted by Gasteiger charge is 2.23. The molecule has 6 heteroatoms. The lowest BCUT2D eigenvalue weighted by molar-refractivity contribution is 0.471. The number of rotatable bonds is 5. The Kier molecular flexibility index (Phi) is 4.98. The summed E-state index contributed by atoms with van der Waals surface area (Å²) >= 11 is 6.06. The number of halogens is 1. The van der Waals surface area contributed by atoms with Gasteiger partial charge < -0.3 is 0 Å². The fourth-order valence-electron chi connectivity index (χ4n) is 1.92. The van der Waals surface area contributed by atoms with Crippen molar-refractivity contribution in [3.63, 3.8) is 0 Å². The molecular formula is C15H17ClN2O2S. The fourth-order valence-corrected chi connectivity index (χ4v) is 3.66. The summed E-state index contributed by atoms with van der Waals surface area (Å²) in [5.41, 5.74) is 1.78. The van der Waals surface area contributed by atoms with Gasteiger partial charge in [-0.15, -0.1) is 0 Å². The number of aromatic nitrogens is 1. The molecule has 4 nitrogen and oxygen atoms in total. The number of hydrogen-bond acceptors (Lipinski definition) is 3. The molecule has 2 rings (SSSR count). The van der Waals surface area contributed by atoms with Crippen molar-refractivity contribution in [2.75, 3.05) is 13.6 Å². The number of likely N-dealkylation sites (N-methyl/N-ethyl adjacent to an activating group) is 1. The Morgan fingerprint density at radius 1 is 1.24 bits per heavy atom. The Labute approximate surface area is 130 Å². The number of aryl methyl sites for hydroxylation is 1. The average Bonchev–Trinajstić information content (AvgIpc) is 2.45. The molecule has 1 heterocycles. The highest BCUT2D eigenvalue weighted by molar-refractivity contribution is 7.89. The van der Waals surface area contributed by atoms with Crippen molar-refractivity contribution in [2.45, 2.75) is 18.2 Å². The van der Waals surface area contributed by atoms with Gasteiger partial charge in [0.05, 0.1) is 5.02 Å². The van der Waals surface area contributed by atoms with Gasteiger partial charge in [-0.25, -0.2) is 12.7 Å². The van der Waals surface area contributed by atoms with Gasteiger partial charge >= 0.3 is 0 Å². The summed E-state index contributed by atoms with van der Waals surface area (Å²) < 4.78 is 26.3. The molecule has 21 heavy (non-hydrogen) atoms. The molecule has 0 aliphatic rings. The van der Waals surface area contributed by atoms with Crippen LogP contribution in [0, 0.1) is 6.92 Å². The molecule has 0 radical (unpaired) electrons. The van der Waals surface area contributed by atoms with E-state index in [-0.39, 0.29) is 9.92 Å². The van der Waals surface area contributed by atoms with Crippen molar-refractivity contribution in [1.29, 1.82) is 0 Å². The van der Waals surface area contributed by atoms with Crippen LogP contribution in [-0.2, 0) is 16.4 Å². The first-order chi connectivity index (χ1) is 9.91. The van der Waals surface area contributed by atoms with E-state index in [0.717, 1.165) is 11.3 Å². The van der Waals surface area contributed by atoms with Gasteiger partial charge in [0.1, 0.15) is 4.90 Å². The van der Waals surface area contributed by atoms with Gasteiger partial charge in [-0.2, -0.15) is 0 Å². The van der Waals surface area contributed by atoms with Crippen LogP contribution >= 0.6 is 11.6 Å². The molecule has 0 unspecified atom stereocenters. The van der Waals surface area contributed by atoms with E-state index in [1.54, 1.807) is 31.4 Å². The first kappa shape index (κ1) is 15.9. The van der Waals surface area contributed by atoms with Crippen LogP contribution in [0.25, 0.3) is 0 Å². The third kappa shape index (κ3) is 3.81. The lowest BCUT2D eigenvalue weighted by Gasteiger charge is -2.18. The van der Waals surface area contributed by atoms with E-state index in [2.05, 4.69) is 4.98 Å². The second-order valence-corrected chi connectivity index (χ2v) is 7.25. The molecular weight excluding hydrogens is 308 g/mol. The molecule has 0 amide bonds. The van der Waals surface area contributed by atoms with Gasteiger partial charge in [-0.05, 0) is 36.8 Å². The molecule has 1 aromatic heterocycles. The minimum absolute atomic E-state index is 0.137. The lowest BCUT2D eigenvalue weighted by atomic mass is 10.2. The zero-order valence-electron chi connectivity index (χ0n) is 12.0. The third-order valence-corrected chi connectivity index (χ3v) is 5.52. The van der Waals surface area contributed by atoms with E-state index in [4.69, 9.17) is 11.6 Å². The zero-order chi connectivity index (χ0) is 15.5. The number of hydrogen-bond donors (Lipinski definition) is 0. The van der Waals surface area contributed by atoms with E-state index < -0.39 is 10.0 Å². The Morgan fingerprint density at radius 2 is 2.00 bits per heavy atom. The lowest BCUT2D eigenvalue weighted by Crippen LogP contribution is -2.29. The Hall–Kier alpha value is -1.43. The maximum absolute atomic E-state index is 12.5. The predicted molar refractivity (Wildman–Crippen MR) is 83.9 cm³/mol. The summed E-state index contributed by atoms with van der Waals surface area (Å²) in [5, 5.41) is 0.250. The van der Waals surface area contributed by atoms with Gasteiger partial charge in [0, 0.05) is 31.9 Å². The van der Waals surface area contributed by atoms with Crippen LogP contribution in [0.1, 0.15) is 11.3 Å². The number of sulfonamides is 1. The molecule has 0 bridgehead atoms. The topological polar surface area (TPSA) is 50.3 Å². The molecule has 0 spiro atoms. The quantitative estimate of drug-likeness (QED) is 0.849. The Morgan fingerprint density at radius 3 is 2.62 bits per heavy atom. The minimum atomic E-state index is -3.58. The summed E-state index contributed by atoms with van der Waals surface area (Å²) in [4.78, 5) is 4.32. The van der Waals surface area contributed by atoms with E-state index in [1.165, 1.54) is 4.31 Å². The summed E-state index contributed by atoms with van der Waals surface area (Å²) in [6.07, 6.45) is 2.25. The number of benzene rings is 1. The maximum Gasteiger partial charge on any atom is 0.244 e. The molecule has 2 aromatic rings. The summed E-state index contributed by atoms with van der Waals surface area (Å²) in [5.74, 6) is 0. The fraction of sp³-hybridized carbons (Fsp3) is 0.267. The molecule has 0 saturated heterocycles. The number of pyridine rings is 1. The standard InChI is InChI=1S/C15H17ClN2O2S/c1-12-6-7-15(14(16)11-12)21(19,20)18(2)10-8-13-5-3-4-9-17-13/h3-7,9,11H,8,10H2,1-2H3. The van der Waals surface area contributed by atoms with Gasteiger partial charge in [-0.1, -0.05) is 23.7 Å². The van der Waals surface area contributed by atoms with E-state index in [9.17, 15) is 8.42 Å². The van der Waals surface area contributed by atoms with Crippen LogP contribution in [0.5, 0.6) is 0 Å². The van der Waals surface area contributed by atoms with Crippen molar-refractivity contribution in [2.24, 2.45) is 0 Å². The molecule has 0 aliphatic carbocycles. The maximum atomic E-state index is 12.5. The van der Waals surface area contributed by atoms with E-state index in [0.29, 0.717) is 13.0 Å². The zero-order valence-corrected chi connectivity index (χ0v) is 13.5. The Bertz CT molecular complexity index is 718. The Balaban J connectivity index is 2.15. The smallest absolute Gasteiger partial charge is 0.244 e. The largest absolute Gasteiger partial charge is 0.261 e. The van der Waals surface area contributed by atoms with Crippen molar-refractivity contribution in [3.05, 3.63) is 58.9 Å². The van der Waals surface area contributed by atoms with Crippen LogP contribution in [0.15, 0.2) is 47.5 Å². The number of nitrogens with zero attached hydrogens (tertiary/aromatic N) is 2. The van der Waals surface area contributed by atoms with E-state index in [1.807, 2.05) is 25.1 Å². The van der Waals surface area contributed by atoms with Crippen LogP contribution < -0.4 is 0 Å². The summed E-state index contributed by atoms with van der Waals surface area (Å²) in [6, 6.07) is 10.5.